The molecule has 2 aliphatic heterocycles. The van der Waals surface area contributed by atoms with E-state index in [2.05, 4.69) is 48.7 Å². The first kappa shape index (κ1) is 16.2. The van der Waals surface area contributed by atoms with Crippen LogP contribution in [0.3, 0.4) is 0 Å². The predicted octanol–water partition coefficient (Wildman–Crippen LogP) is 3.20. The number of hydrogen-bond acceptors (Lipinski definition) is 6. The minimum absolute atomic E-state index is 0.426. The molecule has 7 heteroatoms. The number of nitrogens with zero attached hydrogens (tertiary/aromatic N) is 6. The monoisotopic (exact) mass is 366 g/mol. The molecule has 5 rings (SSSR count). The van der Waals surface area contributed by atoms with Gasteiger partial charge in [-0.1, -0.05) is 18.7 Å². The van der Waals surface area contributed by atoms with Gasteiger partial charge in [-0.15, -0.1) is 0 Å². The molecule has 3 aromatic heterocycles. The summed E-state index contributed by atoms with van der Waals surface area (Å²) in [6, 6.07) is 3.05. The van der Waals surface area contributed by atoms with Gasteiger partial charge in [0.15, 0.2) is 10.8 Å². The van der Waals surface area contributed by atoms with E-state index in [-0.39, 0.29) is 0 Å². The largest absolute Gasteiger partial charge is 0.289 e. The molecule has 2 atom stereocenters. The van der Waals surface area contributed by atoms with Crippen LogP contribution in [0.1, 0.15) is 48.3 Å². The zero-order valence-corrected chi connectivity index (χ0v) is 15.9. The van der Waals surface area contributed by atoms with Crippen molar-refractivity contribution in [2.24, 2.45) is 0 Å². The van der Waals surface area contributed by atoms with Crippen molar-refractivity contribution >= 4 is 17.4 Å². The average Bonchev–Trinajstić information content (AvgIpc) is 3.15. The Morgan fingerprint density at radius 3 is 2.81 bits per heavy atom. The number of aryl methyl sites for hydroxylation is 1. The van der Waals surface area contributed by atoms with E-state index in [1.165, 1.54) is 29.7 Å². The van der Waals surface area contributed by atoms with Crippen LogP contribution in [0.2, 0.25) is 0 Å². The Bertz CT molecular complexity index is 951. The third-order valence-corrected chi connectivity index (χ3v) is 6.25. The van der Waals surface area contributed by atoms with E-state index in [9.17, 15) is 0 Å². The normalized spacial score (nSPS) is 22.1. The maximum atomic E-state index is 4.67. The van der Waals surface area contributed by atoms with E-state index in [1.807, 2.05) is 19.3 Å². The molecule has 0 aromatic carbocycles. The number of fused-ring (bicyclic) bond motifs is 6. The van der Waals surface area contributed by atoms with Gasteiger partial charge in [0, 0.05) is 60.8 Å². The van der Waals surface area contributed by atoms with Crippen LogP contribution in [-0.4, -0.2) is 41.3 Å². The Kier molecular flexibility index (Phi) is 3.94. The highest BCUT2D eigenvalue weighted by atomic mass is 32.2. The molecule has 2 aliphatic rings. The molecule has 0 amide bonds. The number of rotatable bonds is 4. The van der Waals surface area contributed by atoms with Crippen LogP contribution in [0.5, 0.6) is 0 Å². The fourth-order valence-corrected chi connectivity index (χ4v) is 4.90. The lowest BCUT2D eigenvalue weighted by molar-refractivity contribution is 0.164. The second-order valence-electron chi connectivity index (χ2n) is 7.15. The maximum Gasteiger partial charge on any atom is 0.187 e. The van der Waals surface area contributed by atoms with Gasteiger partial charge < -0.3 is 0 Å². The van der Waals surface area contributed by atoms with Gasteiger partial charge in [0.1, 0.15) is 0 Å². The summed E-state index contributed by atoms with van der Waals surface area (Å²) in [6.45, 7) is 5.06. The van der Waals surface area contributed by atoms with Crippen molar-refractivity contribution in [1.29, 1.82) is 0 Å². The third-order valence-electron chi connectivity index (χ3n) is 5.49. The molecule has 2 unspecified atom stereocenters. The van der Waals surface area contributed by atoms with Crippen LogP contribution in [0.4, 0.5) is 0 Å². The van der Waals surface area contributed by atoms with E-state index in [0.29, 0.717) is 12.1 Å². The third kappa shape index (κ3) is 2.61. The maximum absolute atomic E-state index is 4.67. The van der Waals surface area contributed by atoms with E-state index >= 15 is 0 Å². The molecule has 0 N–H and O–H groups in total. The number of aromatic nitrogens is 5. The highest BCUT2D eigenvalue weighted by molar-refractivity contribution is 7.99. The summed E-state index contributed by atoms with van der Waals surface area (Å²) in [5, 5.41) is 5.54. The highest BCUT2D eigenvalue weighted by Crippen LogP contribution is 2.44. The minimum atomic E-state index is 0.426. The van der Waals surface area contributed by atoms with Crippen molar-refractivity contribution in [2.75, 3.05) is 5.75 Å². The predicted molar refractivity (Wildman–Crippen MR) is 101 cm³/mol. The molecule has 0 saturated carbocycles. The molecule has 5 heterocycles. The van der Waals surface area contributed by atoms with Gasteiger partial charge in [-0.3, -0.25) is 4.90 Å². The van der Waals surface area contributed by atoms with Gasteiger partial charge in [0.25, 0.3) is 0 Å². The SMILES string of the molecule is CCSc1ncc(CN2C3CCC2c2cnc4cc(C)nn4c2C3)cn1. The van der Waals surface area contributed by atoms with Crippen LogP contribution >= 0.6 is 11.8 Å². The van der Waals surface area contributed by atoms with Crippen molar-refractivity contribution in [1.82, 2.24) is 29.5 Å². The van der Waals surface area contributed by atoms with Gasteiger partial charge in [0.2, 0.25) is 0 Å². The van der Waals surface area contributed by atoms with Crippen LogP contribution in [-0.2, 0) is 13.0 Å². The molecular weight excluding hydrogens is 344 g/mol. The summed E-state index contributed by atoms with van der Waals surface area (Å²) in [5.74, 6) is 1.00. The zero-order chi connectivity index (χ0) is 17.7. The summed E-state index contributed by atoms with van der Waals surface area (Å²) in [4.78, 5) is 16.2. The summed E-state index contributed by atoms with van der Waals surface area (Å²) in [5.41, 5.74) is 5.87. The molecule has 134 valence electrons. The van der Waals surface area contributed by atoms with Crippen molar-refractivity contribution < 1.29 is 0 Å². The molecule has 1 fully saturated rings. The topological polar surface area (TPSA) is 59.2 Å². The van der Waals surface area contributed by atoms with E-state index in [4.69, 9.17) is 0 Å². The lowest BCUT2D eigenvalue weighted by atomic mass is 9.98. The second kappa shape index (κ2) is 6.32. The molecule has 0 aliphatic carbocycles. The molecule has 6 nitrogen and oxygen atoms in total. The lowest BCUT2D eigenvalue weighted by Crippen LogP contribution is -2.38. The smallest absolute Gasteiger partial charge is 0.187 e. The van der Waals surface area contributed by atoms with Crippen molar-refractivity contribution in [3.63, 3.8) is 0 Å². The minimum Gasteiger partial charge on any atom is -0.289 e. The number of thioether (sulfide) groups is 1. The first-order valence-electron chi connectivity index (χ1n) is 9.26. The quantitative estimate of drug-likeness (QED) is 0.522. The van der Waals surface area contributed by atoms with Crippen LogP contribution < -0.4 is 0 Å². The van der Waals surface area contributed by atoms with E-state index < -0.39 is 0 Å². The Morgan fingerprint density at radius 2 is 2.00 bits per heavy atom. The first-order chi connectivity index (χ1) is 12.7. The Hall–Kier alpha value is -1.99. The molecule has 1 saturated heterocycles. The van der Waals surface area contributed by atoms with Crippen LogP contribution in [0.15, 0.2) is 29.8 Å². The Balaban J connectivity index is 1.45. The lowest BCUT2D eigenvalue weighted by Gasteiger charge is -2.36. The van der Waals surface area contributed by atoms with E-state index in [1.54, 1.807) is 11.8 Å². The van der Waals surface area contributed by atoms with E-state index in [0.717, 1.165) is 35.2 Å². The van der Waals surface area contributed by atoms with Gasteiger partial charge in [-0.2, -0.15) is 5.10 Å². The molecule has 26 heavy (non-hydrogen) atoms. The first-order valence-corrected chi connectivity index (χ1v) is 10.2. The summed E-state index contributed by atoms with van der Waals surface area (Å²) < 4.78 is 2.06. The fraction of sp³-hybridized carbons (Fsp3) is 0.474. The molecule has 0 spiro atoms. The van der Waals surface area contributed by atoms with Crippen molar-refractivity contribution in [2.45, 2.75) is 56.9 Å². The van der Waals surface area contributed by atoms with Gasteiger partial charge in [0.05, 0.1) is 11.4 Å². The Morgan fingerprint density at radius 1 is 1.15 bits per heavy atom. The second-order valence-corrected chi connectivity index (χ2v) is 8.38. The van der Waals surface area contributed by atoms with Crippen LogP contribution in [0.25, 0.3) is 5.65 Å². The Labute approximate surface area is 157 Å². The van der Waals surface area contributed by atoms with Crippen molar-refractivity contribution in [3.8, 4) is 0 Å². The summed E-state index contributed by atoms with van der Waals surface area (Å²) >= 11 is 1.68. The molecule has 3 aromatic rings. The molecular formula is C19H22N6S. The number of hydrogen-bond donors (Lipinski definition) is 0. The van der Waals surface area contributed by atoms with Gasteiger partial charge >= 0.3 is 0 Å². The van der Waals surface area contributed by atoms with Gasteiger partial charge in [-0.25, -0.2) is 19.5 Å². The standard InChI is InChI=1S/C19H22N6S/c1-3-26-19-21-8-13(9-22-19)11-24-14-4-5-16(24)15-10-20-18-6-12(2)23-25(18)17(15)7-14/h6,8-10,14,16H,3-5,7,11H2,1-2H3. The summed E-state index contributed by atoms with van der Waals surface area (Å²) in [7, 11) is 0. The molecule has 0 radical (unpaired) electrons. The van der Waals surface area contributed by atoms with Crippen molar-refractivity contribution in [3.05, 3.63) is 47.2 Å². The average molecular weight is 366 g/mol. The zero-order valence-electron chi connectivity index (χ0n) is 15.1. The molecule has 2 bridgehead atoms. The summed E-state index contributed by atoms with van der Waals surface area (Å²) in [6.07, 6.45) is 9.50. The fourth-order valence-electron chi connectivity index (χ4n) is 4.38. The van der Waals surface area contributed by atoms with Gasteiger partial charge in [-0.05, 0) is 25.5 Å². The van der Waals surface area contributed by atoms with Crippen LogP contribution in [0, 0.1) is 6.92 Å². The highest BCUT2D eigenvalue weighted by Gasteiger charge is 2.41.